The Morgan fingerprint density at radius 2 is 2.17 bits per heavy atom. The molecule has 3 heterocycles. The first-order valence-corrected chi connectivity index (χ1v) is 7.37. The zero-order valence-corrected chi connectivity index (χ0v) is 12.6. The lowest BCUT2D eigenvalue weighted by Crippen LogP contribution is -2.46. The number of rotatable bonds is 2. The minimum atomic E-state index is -4.28. The Bertz CT molecular complexity index is 686. The summed E-state index contributed by atoms with van der Waals surface area (Å²) >= 11 is 0. The predicted molar refractivity (Wildman–Crippen MR) is 78.5 cm³/mol. The molecule has 1 fully saturated rings. The SMILES string of the molecule is O=C(Nc1ccc(-n2cncn2)nc1)N1CCC[C@H](C(F)(F)F)C1. The van der Waals surface area contributed by atoms with E-state index in [-0.39, 0.29) is 13.0 Å². The second-order valence-corrected chi connectivity index (χ2v) is 5.50. The molecule has 1 saturated heterocycles. The first-order chi connectivity index (χ1) is 11.4. The molecule has 1 aliphatic heterocycles. The van der Waals surface area contributed by atoms with Crippen LogP contribution in [0.5, 0.6) is 0 Å². The van der Waals surface area contributed by atoms with Gasteiger partial charge in [0.25, 0.3) is 0 Å². The number of halogens is 3. The standard InChI is InChI=1S/C14H15F3N6O/c15-14(16,17)10-2-1-5-22(7-10)13(24)21-11-3-4-12(19-6-11)23-9-18-8-20-23/h3-4,6,8-10H,1-2,5,7H2,(H,21,24)/t10-/m0/s1. The summed E-state index contributed by atoms with van der Waals surface area (Å²) in [5.41, 5.74) is 0.401. The van der Waals surface area contributed by atoms with Crippen LogP contribution in [0, 0.1) is 5.92 Å². The summed E-state index contributed by atoms with van der Waals surface area (Å²) in [6.07, 6.45) is 0.374. The van der Waals surface area contributed by atoms with Crippen molar-refractivity contribution in [3.05, 3.63) is 31.0 Å². The van der Waals surface area contributed by atoms with Gasteiger partial charge in [-0.3, -0.25) is 0 Å². The normalized spacial score (nSPS) is 18.5. The predicted octanol–water partition coefficient (Wildman–Crippen LogP) is 2.47. The minimum Gasteiger partial charge on any atom is -0.324 e. The van der Waals surface area contributed by atoms with Crippen LogP contribution in [-0.2, 0) is 0 Å². The highest BCUT2D eigenvalue weighted by molar-refractivity contribution is 5.89. The van der Waals surface area contributed by atoms with Gasteiger partial charge in [0, 0.05) is 13.1 Å². The molecule has 1 N–H and O–H groups in total. The molecular formula is C14H15F3N6O. The maximum atomic E-state index is 12.8. The third-order valence-corrected chi connectivity index (χ3v) is 3.82. The molecule has 2 amide bonds. The van der Waals surface area contributed by atoms with Crippen LogP contribution < -0.4 is 5.32 Å². The molecule has 2 aromatic rings. The number of hydrogen-bond acceptors (Lipinski definition) is 4. The molecule has 0 aromatic carbocycles. The van der Waals surface area contributed by atoms with E-state index in [2.05, 4.69) is 20.4 Å². The smallest absolute Gasteiger partial charge is 0.324 e. The quantitative estimate of drug-likeness (QED) is 0.911. The maximum absolute atomic E-state index is 12.8. The third-order valence-electron chi connectivity index (χ3n) is 3.82. The Hall–Kier alpha value is -2.65. The van der Waals surface area contributed by atoms with Crippen LogP contribution in [0.3, 0.4) is 0 Å². The van der Waals surface area contributed by atoms with Gasteiger partial charge < -0.3 is 10.2 Å². The number of hydrogen-bond donors (Lipinski definition) is 1. The fraction of sp³-hybridized carbons (Fsp3) is 0.429. The van der Waals surface area contributed by atoms with Gasteiger partial charge in [0.15, 0.2) is 5.82 Å². The van der Waals surface area contributed by atoms with Crippen molar-refractivity contribution in [3.63, 3.8) is 0 Å². The Morgan fingerprint density at radius 3 is 2.79 bits per heavy atom. The summed E-state index contributed by atoms with van der Waals surface area (Å²) in [5.74, 6) is -0.953. The Labute approximate surface area is 135 Å². The number of urea groups is 1. The molecule has 128 valence electrons. The van der Waals surface area contributed by atoms with E-state index in [1.807, 2.05) is 0 Å². The molecule has 0 bridgehead atoms. The van der Waals surface area contributed by atoms with Crippen molar-refractivity contribution in [2.45, 2.75) is 19.0 Å². The van der Waals surface area contributed by atoms with E-state index in [0.717, 1.165) is 0 Å². The highest BCUT2D eigenvalue weighted by atomic mass is 19.4. The number of amides is 2. The van der Waals surface area contributed by atoms with E-state index < -0.39 is 18.1 Å². The van der Waals surface area contributed by atoms with Crippen molar-refractivity contribution in [1.82, 2.24) is 24.6 Å². The molecule has 10 heteroatoms. The first kappa shape index (κ1) is 16.2. The molecule has 7 nitrogen and oxygen atoms in total. The number of piperidine rings is 1. The van der Waals surface area contributed by atoms with Gasteiger partial charge in [0.1, 0.15) is 12.7 Å². The number of alkyl halides is 3. The molecular weight excluding hydrogens is 325 g/mol. The lowest BCUT2D eigenvalue weighted by Gasteiger charge is -2.33. The molecule has 2 aromatic heterocycles. The topological polar surface area (TPSA) is 75.9 Å². The van der Waals surface area contributed by atoms with Gasteiger partial charge in [0.05, 0.1) is 17.8 Å². The molecule has 0 unspecified atom stereocenters. The summed E-state index contributed by atoms with van der Waals surface area (Å²) in [4.78, 5) is 21.3. The number of nitrogens with one attached hydrogen (secondary N) is 1. The third kappa shape index (κ3) is 3.63. The van der Waals surface area contributed by atoms with Gasteiger partial charge in [-0.05, 0) is 25.0 Å². The summed E-state index contributed by atoms with van der Waals surface area (Å²) in [7, 11) is 0. The summed E-state index contributed by atoms with van der Waals surface area (Å²) in [6.45, 7) is -0.0112. The Kier molecular flexibility index (Phi) is 4.36. The average molecular weight is 340 g/mol. The fourth-order valence-electron chi connectivity index (χ4n) is 2.55. The monoisotopic (exact) mass is 340 g/mol. The van der Waals surface area contributed by atoms with Gasteiger partial charge in [-0.25, -0.2) is 19.4 Å². The van der Waals surface area contributed by atoms with Gasteiger partial charge in [0.2, 0.25) is 0 Å². The molecule has 3 rings (SSSR count). The second-order valence-electron chi connectivity index (χ2n) is 5.50. The van der Waals surface area contributed by atoms with Crippen molar-refractivity contribution in [3.8, 4) is 5.82 Å². The van der Waals surface area contributed by atoms with E-state index in [4.69, 9.17) is 0 Å². The molecule has 0 radical (unpaired) electrons. The molecule has 0 saturated carbocycles. The van der Waals surface area contributed by atoms with Crippen LogP contribution in [-0.4, -0.2) is 49.9 Å². The molecule has 24 heavy (non-hydrogen) atoms. The van der Waals surface area contributed by atoms with E-state index in [1.165, 1.54) is 28.4 Å². The van der Waals surface area contributed by atoms with Crippen molar-refractivity contribution in [1.29, 1.82) is 0 Å². The van der Waals surface area contributed by atoms with E-state index in [1.54, 1.807) is 12.1 Å². The highest BCUT2D eigenvalue weighted by Gasteiger charge is 2.42. The van der Waals surface area contributed by atoms with Crippen LogP contribution in [0.15, 0.2) is 31.0 Å². The van der Waals surface area contributed by atoms with Gasteiger partial charge in [-0.2, -0.15) is 18.3 Å². The van der Waals surface area contributed by atoms with Crippen LogP contribution in [0.2, 0.25) is 0 Å². The van der Waals surface area contributed by atoms with Crippen molar-refractivity contribution in [2.24, 2.45) is 5.92 Å². The van der Waals surface area contributed by atoms with Gasteiger partial charge in [-0.15, -0.1) is 0 Å². The van der Waals surface area contributed by atoms with Crippen molar-refractivity contribution >= 4 is 11.7 Å². The lowest BCUT2D eigenvalue weighted by atomic mass is 9.98. The average Bonchev–Trinajstić information content (AvgIpc) is 3.09. The van der Waals surface area contributed by atoms with E-state index in [0.29, 0.717) is 24.5 Å². The number of likely N-dealkylation sites (tertiary alicyclic amines) is 1. The Balaban J connectivity index is 1.62. The number of carbonyl (C=O) groups is 1. The number of aromatic nitrogens is 4. The molecule has 0 spiro atoms. The fourth-order valence-corrected chi connectivity index (χ4v) is 2.55. The molecule has 0 aliphatic carbocycles. The van der Waals surface area contributed by atoms with E-state index in [9.17, 15) is 18.0 Å². The summed E-state index contributed by atoms with van der Waals surface area (Å²) in [5, 5.41) is 6.49. The summed E-state index contributed by atoms with van der Waals surface area (Å²) < 4.78 is 39.9. The zero-order chi connectivity index (χ0) is 17.2. The van der Waals surface area contributed by atoms with Crippen molar-refractivity contribution < 1.29 is 18.0 Å². The largest absolute Gasteiger partial charge is 0.393 e. The van der Waals surface area contributed by atoms with E-state index >= 15 is 0 Å². The number of carbonyl (C=O) groups excluding carboxylic acids is 1. The molecule has 1 aliphatic rings. The van der Waals surface area contributed by atoms with Crippen molar-refractivity contribution in [2.75, 3.05) is 18.4 Å². The lowest BCUT2D eigenvalue weighted by molar-refractivity contribution is -0.183. The minimum absolute atomic E-state index is 0.0570. The van der Waals surface area contributed by atoms with Gasteiger partial charge >= 0.3 is 12.2 Å². The van der Waals surface area contributed by atoms with Crippen LogP contribution in [0.4, 0.5) is 23.7 Å². The summed E-state index contributed by atoms with van der Waals surface area (Å²) in [6, 6.07) is 2.67. The number of anilines is 1. The first-order valence-electron chi connectivity index (χ1n) is 7.37. The zero-order valence-electron chi connectivity index (χ0n) is 12.6. The highest BCUT2D eigenvalue weighted by Crippen LogP contribution is 2.33. The molecule has 1 atom stereocenters. The van der Waals surface area contributed by atoms with Gasteiger partial charge in [-0.1, -0.05) is 0 Å². The second kappa shape index (κ2) is 6.46. The van der Waals surface area contributed by atoms with Crippen LogP contribution in [0.1, 0.15) is 12.8 Å². The Morgan fingerprint density at radius 1 is 1.33 bits per heavy atom. The van der Waals surface area contributed by atoms with Crippen LogP contribution >= 0.6 is 0 Å². The maximum Gasteiger partial charge on any atom is 0.393 e. The van der Waals surface area contributed by atoms with Crippen LogP contribution in [0.25, 0.3) is 5.82 Å². The number of pyridine rings is 1. The number of nitrogens with zero attached hydrogens (tertiary/aromatic N) is 5.